The third kappa shape index (κ3) is 7.02. The van der Waals surface area contributed by atoms with E-state index in [9.17, 15) is 0 Å². The summed E-state index contributed by atoms with van der Waals surface area (Å²) in [7, 11) is 4.30. The molecule has 1 heterocycles. The quantitative estimate of drug-likeness (QED) is 0.661. The minimum absolute atomic E-state index is 0.645. The molecule has 4 nitrogen and oxygen atoms in total. The Labute approximate surface area is 125 Å². The van der Waals surface area contributed by atoms with Crippen molar-refractivity contribution in [3.8, 4) is 0 Å². The summed E-state index contributed by atoms with van der Waals surface area (Å²) in [6, 6.07) is 0.645. The van der Waals surface area contributed by atoms with E-state index in [2.05, 4.69) is 43.1 Å². The molecule has 0 spiro atoms. The Balaban J connectivity index is 2.35. The van der Waals surface area contributed by atoms with E-state index in [1.165, 1.54) is 38.9 Å². The van der Waals surface area contributed by atoms with Crippen LogP contribution in [-0.2, 0) is 4.74 Å². The first-order valence-corrected chi connectivity index (χ1v) is 8.35. The van der Waals surface area contributed by atoms with Crippen LogP contribution in [0.1, 0.15) is 33.1 Å². The molecule has 1 N–H and O–H groups in total. The molecule has 1 rings (SSSR count). The van der Waals surface area contributed by atoms with Crippen LogP contribution in [0.15, 0.2) is 0 Å². The minimum atomic E-state index is 0.645. The largest absolute Gasteiger partial charge is 0.381 e. The van der Waals surface area contributed by atoms with Crippen molar-refractivity contribution in [2.45, 2.75) is 39.2 Å². The fourth-order valence-corrected chi connectivity index (χ4v) is 2.90. The summed E-state index contributed by atoms with van der Waals surface area (Å²) >= 11 is 0. The molecule has 2 unspecified atom stereocenters. The Bertz CT molecular complexity index is 236. The smallest absolute Gasteiger partial charge is 0.0521 e. The summed E-state index contributed by atoms with van der Waals surface area (Å²) in [5.41, 5.74) is 0. The molecule has 1 fully saturated rings. The lowest BCUT2D eigenvalue weighted by Gasteiger charge is -2.36. The summed E-state index contributed by atoms with van der Waals surface area (Å²) in [5.74, 6) is 0.648. The van der Waals surface area contributed by atoms with Gasteiger partial charge < -0.3 is 19.9 Å². The molecule has 4 heteroatoms. The van der Waals surface area contributed by atoms with Gasteiger partial charge in [-0.1, -0.05) is 13.8 Å². The summed E-state index contributed by atoms with van der Waals surface area (Å²) in [6.07, 6.45) is 3.63. The summed E-state index contributed by atoms with van der Waals surface area (Å²) in [5, 5.41) is 3.71. The molecule has 0 aromatic rings. The van der Waals surface area contributed by atoms with Crippen molar-refractivity contribution in [2.24, 2.45) is 5.92 Å². The van der Waals surface area contributed by atoms with Crippen molar-refractivity contribution in [1.29, 1.82) is 0 Å². The first-order valence-electron chi connectivity index (χ1n) is 8.35. The molecular formula is C16H35N3O. The molecule has 0 saturated carbocycles. The molecule has 0 radical (unpaired) electrons. The zero-order valence-electron chi connectivity index (χ0n) is 14.0. The highest BCUT2D eigenvalue weighted by Gasteiger charge is 2.26. The SMILES string of the molecule is CCCNC1CCOCC1CN(CC)CCCN(C)C. The van der Waals surface area contributed by atoms with Gasteiger partial charge in [0.15, 0.2) is 0 Å². The van der Waals surface area contributed by atoms with Gasteiger partial charge in [0.25, 0.3) is 0 Å². The monoisotopic (exact) mass is 285 g/mol. The van der Waals surface area contributed by atoms with Gasteiger partial charge in [-0.05, 0) is 59.5 Å². The van der Waals surface area contributed by atoms with Crippen LogP contribution in [0, 0.1) is 5.92 Å². The number of nitrogens with zero attached hydrogens (tertiary/aromatic N) is 2. The molecule has 0 bridgehead atoms. The normalized spacial score (nSPS) is 23.7. The number of hydrogen-bond donors (Lipinski definition) is 1. The molecule has 120 valence electrons. The number of ether oxygens (including phenoxy) is 1. The zero-order chi connectivity index (χ0) is 14.8. The molecular weight excluding hydrogens is 250 g/mol. The molecule has 1 aliphatic rings. The van der Waals surface area contributed by atoms with E-state index in [0.717, 1.165) is 26.3 Å². The van der Waals surface area contributed by atoms with Gasteiger partial charge in [-0.3, -0.25) is 0 Å². The highest BCUT2D eigenvalue weighted by atomic mass is 16.5. The first-order chi connectivity index (χ1) is 9.67. The first kappa shape index (κ1) is 17.9. The second kappa shape index (κ2) is 10.6. The maximum Gasteiger partial charge on any atom is 0.0521 e. The van der Waals surface area contributed by atoms with Crippen molar-refractivity contribution >= 4 is 0 Å². The van der Waals surface area contributed by atoms with Gasteiger partial charge >= 0.3 is 0 Å². The van der Waals surface area contributed by atoms with E-state index in [1.807, 2.05) is 0 Å². The molecule has 0 aromatic heterocycles. The van der Waals surface area contributed by atoms with Crippen molar-refractivity contribution in [3.05, 3.63) is 0 Å². The predicted octanol–water partition coefficient (Wildman–Crippen LogP) is 1.66. The molecule has 1 saturated heterocycles. The lowest BCUT2D eigenvalue weighted by molar-refractivity contribution is 0.0169. The Kier molecular flexibility index (Phi) is 9.44. The average Bonchev–Trinajstić information content (AvgIpc) is 2.44. The van der Waals surface area contributed by atoms with Crippen molar-refractivity contribution in [3.63, 3.8) is 0 Å². The summed E-state index contributed by atoms with van der Waals surface area (Å²) < 4.78 is 5.71. The Morgan fingerprint density at radius 1 is 1.20 bits per heavy atom. The molecule has 0 aromatic carbocycles. The molecule has 0 amide bonds. The molecule has 0 aliphatic carbocycles. The highest BCUT2D eigenvalue weighted by molar-refractivity contribution is 4.82. The molecule has 1 aliphatic heterocycles. The fraction of sp³-hybridized carbons (Fsp3) is 1.00. The van der Waals surface area contributed by atoms with E-state index in [4.69, 9.17) is 4.74 Å². The van der Waals surface area contributed by atoms with E-state index in [0.29, 0.717) is 12.0 Å². The number of nitrogens with one attached hydrogen (secondary N) is 1. The summed E-state index contributed by atoms with van der Waals surface area (Å²) in [6.45, 7) is 12.2. The van der Waals surface area contributed by atoms with Crippen molar-refractivity contribution in [2.75, 3.05) is 60.0 Å². The Hall–Kier alpha value is -0.160. The minimum Gasteiger partial charge on any atom is -0.381 e. The topological polar surface area (TPSA) is 27.7 Å². The lowest BCUT2D eigenvalue weighted by Crippen LogP contribution is -2.48. The van der Waals surface area contributed by atoms with Gasteiger partial charge in [-0.25, -0.2) is 0 Å². The van der Waals surface area contributed by atoms with Crippen LogP contribution in [-0.4, -0.2) is 75.9 Å². The highest BCUT2D eigenvalue weighted by Crippen LogP contribution is 2.16. The Morgan fingerprint density at radius 2 is 2.00 bits per heavy atom. The average molecular weight is 285 g/mol. The van der Waals surface area contributed by atoms with Gasteiger partial charge in [-0.15, -0.1) is 0 Å². The van der Waals surface area contributed by atoms with Crippen molar-refractivity contribution < 1.29 is 4.74 Å². The van der Waals surface area contributed by atoms with Gasteiger partial charge in [-0.2, -0.15) is 0 Å². The van der Waals surface area contributed by atoms with Crippen LogP contribution >= 0.6 is 0 Å². The van der Waals surface area contributed by atoms with Crippen LogP contribution in [0.5, 0.6) is 0 Å². The van der Waals surface area contributed by atoms with E-state index < -0.39 is 0 Å². The zero-order valence-corrected chi connectivity index (χ0v) is 14.0. The van der Waals surface area contributed by atoms with Crippen LogP contribution in [0.25, 0.3) is 0 Å². The fourth-order valence-electron chi connectivity index (χ4n) is 2.90. The van der Waals surface area contributed by atoms with E-state index in [-0.39, 0.29) is 0 Å². The number of hydrogen-bond acceptors (Lipinski definition) is 4. The van der Waals surface area contributed by atoms with Crippen LogP contribution in [0.4, 0.5) is 0 Å². The summed E-state index contributed by atoms with van der Waals surface area (Å²) in [4.78, 5) is 4.85. The Morgan fingerprint density at radius 3 is 2.65 bits per heavy atom. The second-order valence-electron chi connectivity index (χ2n) is 6.23. The third-order valence-corrected chi connectivity index (χ3v) is 4.15. The van der Waals surface area contributed by atoms with Gasteiger partial charge in [0.1, 0.15) is 0 Å². The van der Waals surface area contributed by atoms with E-state index >= 15 is 0 Å². The lowest BCUT2D eigenvalue weighted by atomic mass is 9.95. The van der Waals surface area contributed by atoms with Gasteiger partial charge in [0.05, 0.1) is 6.61 Å². The van der Waals surface area contributed by atoms with Crippen molar-refractivity contribution in [1.82, 2.24) is 15.1 Å². The van der Waals surface area contributed by atoms with Gasteiger partial charge in [0.2, 0.25) is 0 Å². The standard InChI is InChI=1S/C16H35N3O/c1-5-9-17-16-8-12-20-14-15(16)13-19(6-2)11-7-10-18(3)4/h15-17H,5-14H2,1-4H3. The maximum atomic E-state index is 5.71. The second-order valence-corrected chi connectivity index (χ2v) is 6.23. The van der Waals surface area contributed by atoms with Gasteiger partial charge in [0, 0.05) is 25.1 Å². The van der Waals surface area contributed by atoms with Crippen LogP contribution in [0.2, 0.25) is 0 Å². The molecule has 2 atom stereocenters. The maximum absolute atomic E-state index is 5.71. The van der Waals surface area contributed by atoms with Crippen LogP contribution < -0.4 is 5.32 Å². The third-order valence-electron chi connectivity index (χ3n) is 4.15. The number of rotatable bonds is 10. The predicted molar refractivity (Wildman–Crippen MR) is 86.3 cm³/mol. The molecule has 20 heavy (non-hydrogen) atoms. The van der Waals surface area contributed by atoms with E-state index in [1.54, 1.807) is 0 Å². The van der Waals surface area contributed by atoms with Crippen LogP contribution in [0.3, 0.4) is 0 Å².